The van der Waals surface area contributed by atoms with Gasteiger partial charge in [-0.3, -0.25) is 0 Å². The van der Waals surface area contributed by atoms with Gasteiger partial charge in [-0.05, 0) is 24.5 Å². The zero-order valence-electron chi connectivity index (χ0n) is 14.0. The molecule has 0 bridgehead atoms. The number of nitrogens with zero attached hydrogens (tertiary/aromatic N) is 3. The van der Waals surface area contributed by atoms with Gasteiger partial charge in [0.25, 0.3) is 0 Å². The van der Waals surface area contributed by atoms with Crippen molar-refractivity contribution in [3.8, 4) is 0 Å². The van der Waals surface area contributed by atoms with Crippen molar-refractivity contribution in [3.05, 3.63) is 54.4 Å². The third-order valence-electron chi connectivity index (χ3n) is 4.31. The normalized spacial score (nSPS) is 16.3. The van der Waals surface area contributed by atoms with Crippen LogP contribution >= 0.6 is 0 Å². The van der Waals surface area contributed by atoms with Crippen molar-refractivity contribution in [1.82, 2.24) is 20.6 Å². The van der Waals surface area contributed by atoms with E-state index in [0.717, 1.165) is 37.4 Å². The fourth-order valence-corrected chi connectivity index (χ4v) is 2.90. The number of benzene rings is 1. The first-order valence-electron chi connectivity index (χ1n) is 8.51. The average molecular weight is 341 g/mol. The largest absolute Gasteiger partial charge is 0.387 e. The molecule has 0 aliphatic carbocycles. The van der Waals surface area contributed by atoms with Crippen LogP contribution in [0.4, 0.5) is 10.7 Å². The lowest BCUT2D eigenvalue weighted by Crippen LogP contribution is -2.48. The zero-order valence-corrected chi connectivity index (χ0v) is 14.0. The van der Waals surface area contributed by atoms with Gasteiger partial charge in [-0.2, -0.15) is 0 Å². The Morgan fingerprint density at radius 1 is 1.16 bits per heavy atom. The number of carbonyl (C=O) groups excluding carboxylic acids is 1. The number of nitrogens with one attached hydrogen (secondary N) is 2. The number of hydrogen-bond acceptors (Lipinski definition) is 5. The van der Waals surface area contributed by atoms with E-state index in [0.29, 0.717) is 0 Å². The number of rotatable bonds is 5. The third-order valence-corrected chi connectivity index (χ3v) is 4.31. The molecule has 1 aliphatic rings. The minimum absolute atomic E-state index is 0.119. The van der Waals surface area contributed by atoms with Gasteiger partial charge in [-0.1, -0.05) is 30.3 Å². The van der Waals surface area contributed by atoms with Crippen LogP contribution in [-0.4, -0.2) is 46.8 Å². The van der Waals surface area contributed by atoms with E-state index >= 15 is 0 Å². The highest BCUT2D eigenvalue weighted by atomic mass is 16.3. The van der Waals surface area contributed by atoms with Gasteiger partial charge in [0.15, 0.2) is 0 Å². The summed E-state index contributed by atoms with van der Waals surface area (Å²) in [6, 6.07) is 11.0. The topological polar surface area (TPSA) is 90.4 Å². The highest BCUT2D eigenvalue weighted by Gasteiger charge is 2.22. The quantitative estimate of drug-likeness (QED) is 0.766. The Balaban J connectivity index is 1.39. The molecule has 25 heavy (non-hydrogen) atoms. The van der Waals surface area contributed by atoms with Crippen molar-refractivity contribution in [2.75, 3.05) is 24.5 Å². The van der Waals surface area contributed by atoms with Crippen molar-refractivity contribution in [3.63, 3.8) is 0 Å². The molecule has 1 saturated heterocycles. The molecule has 7 nitrogen and oxygen atoms in total. The molecule has 132 valence electrons. The number of aromatic nitrogens is 2. The highest BCUT2D eigenvalue weighted by Crippen LogP contribution is 2.15. The molecule has 1 aromatic carbocycles. The van der Waals surface area contributed by atoms with Gasteiger partial charge in [0.2, 0.25) is 5.95 Å². The monoisotopic (exact) mass is 341 g/mol. The SMILES string of the molecule is O=C(NC[C@H](O)c1ccccc1)NC1CCN(c2ncccn2)CC1. The van der Waals surface area contributed by atoms with Crippen LogP contribution in [0.2, 0.25) is 0 Å². The second-order valence-corrected chi connectivity index (χ2v) is 6.09. The smallest absolute Gasteiger partial charge is 0.315 e. The summed E-state index contributed by atoms with van der Waals surface area (Å²) in [7, 11) is 0. The maximum absolute atomic E-state index is 12.0. The molecule has 1 aliphatic heterocycles. The molecule has 0 saturated carbocycles. The van der Waals surface area contributed by atoms with E-state index in [1.165, 1.54) is 0 Å². The van der Waals surface area contributed by atoms with Crippen molar-refractivity contribution in [2.24, 2.45) is 0 Å². The number of carbonyl (C=O) groups is 1. The number of anilines is 1. The van der Waals surface area contributed by atoms with Crippen molar-refractivity contribution in [2.45, 2.75) is 25.0 Å². The Morgan fingerprint density at radius 2 is 1.84 bits per heavy atom. The fraction of sp³-hybridized carbons (Fsp3) is 0.389. The fourth-order valence-electron chi connectivity index (χ4n) is 2.90. The summed E-state index contributed by atoms with van der Waals surface area (Å²) >= 11 is 0. The first-order valence-corrected chi connectivity index (χ1v) is 8.51. The Hall–Kier alpha value is -2.67. The molecule has 7 heteroatoms. The first kappa shape index (κ1) is 17.2. The molecule has 2 heterocycles. The van der Waals surface area contributed by atoms with Crippen molar-refractivity contribution < 1.29 is 9.90 Å². The molecule has 3 N–H and O–H groups in total. The predicted octanol–water partition coefficient (Wildman–Crippen LogP) is 1.48. The van der Waals surface area contributed by atoms with Crippen molar-refractivity contribution in [1.29, 1.82) is 0 Å². The summed E-state index contributed by atoms with van der Waals surface area (Å²) in [5.74, 6) is 0.733. The molecule has 0 unspecified atom stereocenters. The third kappa shape index (κ3) is 4.90. The summed E-state index contributed by atoms with van der Waals surface area (Å²) < 4.78 is 0. The number of aliphatic hydroxyl groups is 1. The molecular weight excluding hydrogens is 318 g/mol. The van der Waals surface area contributed by atoms with E-state index in [-0.39, 0.29) is 18.6 Å². The number of amides is 2. The molecule has 3 rings (SSSR count). The molecule has 1 aromatic heterocycles. The lowest BCUT2D eigenvalue weighted by molar-refractivity contribution is 0.172. The van der Waals surface area contributed by atoms with E-state index in [1.54, 1.807) is 18.5 Å². The van der Waals surface area contributed by atoms with E-state index in [9.17, 15) is 9.90 Å². The molecule has 0 radical (unpaired) electrons. The summed E-state index contributed by atoms with van der Waals surface area (Å²) in [5, 5.41) is 15.8. The second-order valence-electron chi connectivity index (χ2n) is 6.09. The minimum atomic E-state index is -0.705. The summed E-state index contributed by atoms with van der Waals surface area (Å²) in [5.41, 5.74) is 0.791. The van der Waals surface area contributed by atoms with Crippen LogP contribution in [-0.2, 0) is 0 Å². The highest BCUT2D eigenvalue weighted by molar-refractivity contribution is 5.74. The van der Waals surface area contributed by atoms with Gasteiger partial charge in [0.1, 0.15) is 0 Å². The second kappa shape index (κ2) is 8.43. The summed E-state index contributed by atoms with van der Waals surface area (Å²) in [6.45, 7) is 1.80. The van der Waals surface area contributed by atoms with Crippen LogP contribution < -0.4 is 15.5 Å². The predicted molar refractivity (Wildman–Crippen MR) is 95.2 cm³/mol. The summed E-state index contributed by atoms with van der Waals surface area (Å²) in [4.78, 5) is 22.7. The Bertz CT molecular complexity index is 660. The van der Waals surface area contributed by atoms with Crippen LogP contribution in [0.25, 0.3) is 0 Å². The average Bonchev–Trinajstić information content (AvgIpc) is 2.68. The summed E-state index contributed by atoms with van der Waals surface area (Å²) in [6.07, 6.45) is 4.44. The molecular formula is C18H23N5O2. The van der Waals surface area contributed by atoms with Crippen LogP contribution in [0.3, 0.4) is 0 Å². The van der Waals surface area contributed by atoms with Crippen molar-refractivity contribution >= 4 is 12.0 Å². The number of piperidine rings is 1. The molecule has 1 fully saturated rings. The lowest BCUT2D eigenvalue weighted by Gasteiger charge is -2.32. The Morgan fingerprint density at radius 3 is 2.52 bits per heavy atom. The van der Waals surface area contributed by atoms with Gasteiger partial charge < -0.3 is 20.6 Å². The van der Waals surface area contributed by atoms with Crippen LogP contribution in [0.1, 0.15) is 24.5 Å². The van der Waals surface area contributed by atoms with E-state index < -0.39 is 6.10 Å². The van der Waals surface area contributed by atoms with E-state index in [1.807, 2.05) is 30.3 Å². The van der Waals surface area contributed by atoms with Gasteiger partial charge in [-0.25, -0.2) is 14.8 Å². The molecule has 1 atom stereocenters. The van der Waals surface area contributed by atoms with Crippen LogP contribution in [0.15, 0.2) is 48.8 Å². The van der Waals surface area contributed by atoms with Gasteiger partial charge >= 0.3 is 6.03 Å². The molecule has 2 aromatic rings. The van der Waals surface area contributed by atoms with Crippen LogP contribution in [0, 0.1) is 0 Å². The first-order chi connectivity index (χ1) is 12.2. The Labute approximate surface area is 147 Å². The van der Waals surface area contributed by atoms with Gasteiger partial charge in [0, 0.05) is 38.1 Å². The van der Waals surface area contributed by atoms with E-state index in [2.05, 4.69) is 25.5 Å². The van der Waals surface area contributed by atoms with Gasteiger partial charge in [0.05, 0.1) is 6.10 Å². The van der Waals surface area contributed by atoms with E-state index in [4.69, 9.17) is 0 Å². The molecule has 0 spiro atoms. The van der Waals surface area contributed by atoms with Crippen LogP contribution in [0.5, 0.6) is 0 Å². The number of hydrogen-bond donors (Lipinski definition) is 3. The Kier molecular flexibility index (Phi) is 5.79. The minimum Gasteiger partial charge on any atom is -0.387 e. The molecule has 2 amide bonds. The zero-order chi connectivity index (χ0) is 17.5. The lowest BCUT2D eigenvalue weighted by atomic mass is 10.1. The number of aliphatic hydroxyl groups excluding tert-OH is 1. The maximum Gasteiger partial charge on any atom is 0.315 e. The standard InChI is InChI=1S/C18H23N5O2/c24-16(14-5-2-1-3-6-14)13-21-18(25)22-15-7-11-23(12-8-15)17-19-9-4-10-20-17/h1-6,9-10,15-16,24H,7-8,11-13H2,(H2,21,22,25)/t16-/m0/s1. The number of urea groups is 1. The maximum atomic E-state index is 12.0. The van der Waals surface area contributed by atoms with Gasteiger partial charge in [-0.15, -0.1) is 0 Å².